The number of rotatable bonds is 12. The lowest BCUT2D eigenvalue weighted by atomic mass is 10.2. The van der Waals surface area contributed by atoms with Gasteiger partial charge >= 0.3 is 0 Å². The summed E-state index contributed by atoms with van der Waals surface area (Å²) < 4.78 is 39.5. The third-order valence-electron chi connectivity index (χ3n) is 6.37. The molecule has 8 nitrogen and oxygen atoms in total. The van der Waals surface area contributed by atoms with E-state index in [0.29, 0.717) is 37.3 Å². The van der Waals surface area contributed by atoms with E-state index in [0.717, 1.165) is 49.5 Å². The van der Waals surface area contributed by atoms with Crippen LogP contribution in [0.25, 0.3) is 22.8 Å². The number of halogens is 2. The van der Waals surface area contributed by atoms with Gasteiger partial charge in [-0.25, -0.2) is 23.4 Å². The van der Waals surface area contributed by atoms with Gasteiger partial charge in [0.25, 0.3) is 0 Å². The van der Waals surface area contributed by atoms with Gasteiger partial charge in [-0.15, -0.1) is 0 Å². The Morgan fingerprint density at radius 3 is 2.21 bits per heavy atom. The summed E-state index contributed by atoms with van der Waals surface area (Å²) >= 11 is 0. The zero-order chi connectivity index (χ0) is 27.6. The smallest absolute Gasteiger partial charge is 0.214 e. The molecule has 0 saturated carbocycles. The standard InChI is InChI=1S/C29H34F2N6O2/c1-4-32-27(39-20-19-38-3)21-22(2)36-16-13-35(14-17-36)15-18-37-29(24-7-11-26(31)12-8-24)33-28(34-37)23-5-9-25(30)10-6-23/h4-12,21H,2,13-20H2,1,3H3/b27-21+,32-4-. The molecular formula is C29H34F2N6O2. The van der Waals surface area contributed by atoms with Crippen LogP contribution in [0.2, 0.25) is 0 Å². The van der Waals surface area contributed by atoms with Gasteiger partial charge in [0.05, 0.1) is 13.2 Å². The summed E-state index contributed by atoms with van der Waals surface area (Å²) in [6.07, 6.45) is 3.54. The highest BCUT2D eigenvalue weighted by Crippen LogP contribution is 2.23. The minimum atomic E-state index is -0.317. The van der Waals surface area contributed by atoms with Crippen molar-refractivity contribution in [3.8, 4) is 22.8 Å². The maximum absolute atomic E-state index is 13.6. The van der Waals surface area contributed by atoms with Crippen molar-refractivity contribution in [3.05, 3.63) is 84.4 Å². The maximum atomic E-state index is 13.6. The van der Waals surface area contributed by atoms with Gasteiger partial charge in [-0.2, -0.15) is 5.10 Å². The van der Waals surface area contributed by atoms with Gasteiger partial charge in [-0.3, -0.25) is 4.90 Å². The Balaban J connectivity index is 1.40. The number of piperazine rings is 1. The van der Waals surface area contributed by atoms with E-state index in [4.69, 9.17) is 19.6 Å². The van der Waals surface area contributed by atoms with E-state index in [-0.39, 0.29) is 11.6 Å². The first-order chi connectivity index (χ1) is 19.0. The Labute approximate surface area is 227 Å². The summed E-state index contributed by atoms with van der Waals surface area (Å²) in [6.45, 7) is 11.7. The summed E-state index contributed by atoms with van der Waals surface area (Å²) in [5.74, 6) is 1.03. The molecule has 1 fully saturated rings. The summed E-state index contributed by atoms with van der Waals surface area (Å²) in [5, 5.41) is 4.71. The van der Waals surface area contributed by atoms with Gasteiger partial charge in [0.1, 0.15) is 18.2 Å². The van der Waals surface area contributed by atoms with Crippen molar-refractivity contribution < 1.29 is 18.3 Å². The Hall–Kier alpha value is -3.89. The van der Waals surface area contributed by atoms with Crippen LogP contribution in [0.3, 0.4) is 0 Å². The Kier molecular flexibility index (Phi) is 9.93. The fourth-order valence-corrected chi connectivity index (χ4v) is 4.23. The van der Waals surface area contributed by atoms with E-state index in [1.807, 2.05) is 17.7 Å². The van der Waals surface area contributed by atoms with Gasteiger partial charge in [-0.05, 0) is 55.5 Å². The second-order valence-corrected chi connectivity index (χ2v) is 9.03. The average Bonchev–Trinajstić information content (AvgIpc) is 3.37. The molecule has 1 saturated heterocycles. The highest BCUT2D eigenvalue weighted by atomic mass is 19.1. The van der Waals surface area contributed by atoms with Crippen molar-refractivity contribution in [1.29, 1.82) is 0 Å². The Morgan fingerprint density at radius 2 is 1.59 bits per heavy atom. The van der Waals surface area contributed by atoms with Crippen LogP contribution in [0.5, 0.6) is 0 Å². The van der Waals surface area contributed by atoms with Gasteiger partial charge in [0.15, 0.2) is 11.6 Å². The summed E-state index contributed by atoms with van der Waals surface area (Å²) in [5.41, 5.74) is 2.34. The van der Waals surface area contributed by atoms with Gasteiger partial charge in [-0.1, -0.05) is 6.58 Å². The fourth-order valence-electron chi connectivity index (χ4n) is 4.23. The summed E-state index contributed by atoms with van der Waals surface area (Å²) in [7, 11) is 1.63. The average molecular weight is 537 g/mol. The van der Waals surface area contributed by atoms with E-state index in [1.165, 1.54) is 24.3 Å². The zero-order valence-electron chi connectivity index (χ0n) is 22.4. The molecule has 1 aliphatic heterocycles. The lowest BCUT2D eigenvalue weighted by molar-refractivity contribution is 0.108. The van der Waals surface area contributed by atoms with E-state index >= 15 is 0 Å². The van der Waals surface area contributed by atoms with E-state index in [1.54, 1.807) is 37.6 Å². The van der Waals surface area contributed by atoms with Gasteiger partial charge in [0, 0.05) is 68.9 Å². The van der Waals surface area contributed by atoms with Crippen molar-refractivity contribution in [2.45, 2.75) is 13.5 Å². The van der Waals surface area contributed by atoms with Crippen molar-refractivity contribution in [2.75, 3.05) is 53.0 Å². The Morgan fingerprint density at radius 1 is 0.949 bits per heavy atom. The van der Waals surface area contributed by atoms with Crippen molar-refractivity contribution in [1.82, 2.24) is 24.6 Å². The largest absolute Gasteiger partial charge is 0.475 e. The molecular weight excluding hydrogens is 502 g/mol. The van der Waals surface area contributed by atoms with E-state index in [9.17, 15) is 8.78 Å². The predicted molar refractivity (Wildman–Crippen MR) is 148 cm³/mol. The number of nitrogens with zero attached hydrogens (tertiary/aromatic N) is 6. The Bertz CT molecular complexity index is 1280. The highest BCUT2D eigenvalue weighted by molar-refractivity contribution is 5.61. The van der Waals surface area contributed by atoms with E-state index < -0.39 is 0 Å². The normalized spacial score (nSPS) is 14.8. The molecule has 0 radical (unpaired) electrons. The highest BCUT2D eigenvalue weighted by Gasteiger charge is 2.19. The number of hydrogen-bond donors (Lipinski definition) is 0. The topological polar surface area (TPSA) is 68.0 Å². The molecule has 4 rings (SSSR count). The molecule has 0 amide bonds. The second kappa shape index (κ2) is 13.8. The molecule has 0 spiro atoms. The first-order valence-electron chi connectivity index (χ1n) is 12.9. The number of allylic oxidation sites excluding steroid dienone is 1. The fraction of sp³-hybridized carbons (Fsp3) is 0.345. The monoisotopic (exact) mass is 536 g/mol. The van der Waals surface area contributed by atoms with Gasteiger partial charge in [0.2, 0.25) is 5.88 Å². The molecule has 0 aliphatic carbocycles. The molecule has 39 heavy (non-hydrogen) atoms. The minimum absolute atomic E-state index is 0.312. The SMILES string of the molecule is C=C(/C=C(\N=C/C)OCCOC)N1CCN(CCn2nc(-c3ccc(F)cc3)nc2-c2ccc(F)cc2)CC1. The number of aromatic nitrogens is 3. The number of hydrogen-bond acceptors (Lipinski definition) is 7. The van der Waals surface area contributed by atoms with Crippen LogP contribution in [-0.4, -0.2) is 83.8 Å². The van der Waals surface area contributed by atoms with Crippen LogP contribution in [0, 0.1) is 11.6 Å². The molecule has 206 valence electrons. The van der Waals surface area contributed by atoms with Crippen LogP contribution in [0.4, 0.5) is 8.78 Å². The molecule has 0 unspecified atom stereocenters. The van der Waals surface area contributed by atoms with Crippen molar-refractivity contribution in [2.24, 2.45) is 4.99 Å². The van der Waals surface area contributed by atoms with Gasteiger partial charge < -0.3 is 14.4 Å². The van der Waals surface area contributed by atoms with Crippen LogP contribution < -0.4 is 0 Å². The van der Waals surface area contributed by atoms with Crippen molar-refractivity contribution in [3.63, 3.8) is 0 Å². The number of methoxy groups -OCH3 is 1. The quantitative estimate of drug-likeness (QED) is 0.146. The molecule has 3 aromatic rings. The third kappa shape index (κ3) is 7.81. The second-order valence-electron chi connectivity index (χ2n) is 9.03. The van der Waals surface area contributed by atoms with Crippen molar-refractivity contribution >= 4 is 6.21 Å². The summed E-state index contributed by atoms with van der Waals surface area (Å²) in [6, 6.07) is 12.3. The first-order valence-corrected chi connectivity index (χ1v) is 12.9. The first kappa shape index (κ1) is 28.1. The predicted octanol–water partition coefficient (Wildman–Crippen LogP) is 4.62. The van der Waals surface area contributed by atoms with Crippen LogP contribution in [0.1, 0.15) is 6.92 Å². The molecule has 1 aromatic heterocycles. The van der Waals surface area contributed by atoms with Crippen LogP contribution >= 0.6 is 0 Å². The zero-order valence-corrected chi connectivity index (χ0v) is 22.4. The van der Waals surface area contributed by atoms with Crippen LogP contribution in [0.15, 0.2) is 77.8 Å². The van der Waals surface area contributed by atoms with Crippen LogP contribution in [-0.2, 0) is 16.0 Å². The molecule has 0 atom stereocenters. The maximum Gasteiger partial charge on any atom is 0.214 e. The molecule has 10 heteroatoms. The molecule has 2 aromatic carbocycles. The lowest BCUT2D eigenvalue weighted by Crippen LogP contribution is -2.46. The number of ether oxygens (including phenoxy) is 2. The minimum Gasteiger partial charge on any atom is -0.475 e. The lowest BCUT2D eigenvalue weighted by Gasteiger charge is -2.36. The number of benzene rings is 2. The molecule has 1 aliphatic rings. The third-order valence-corrected chi connectivity index (χ3v) is 6.37. The molecule has 0 bridgehead atoms. The molecule has 0 N–H and O–H groups in total. The number of aliphatic imine (C=N–C) groups is 1. The summed E-state index contributed by atoms with van der Waals surface area (Å²) in [4.78, 5) is 13.6. The van der Waals surface area contributed by atoms with E-state index in [2.05, 4.69) is 21.4 Å². The molecule has 2 heterocycles.